The van der Waals surface area contributed by atoms with Crippen LogP contribution in [0.1, 0.15) is 67.0 Å². The topological polar surface area (TPSA) is 88.0 Å². The van der Waals surface area contributed by atoms with E-state index in [2.05, 4.69) is 43.4 Å². The van der Waals surface area contributed by atoms with Crippen molar-refractivity contribution >= 4 is 5.97 Å². The smallest absolute Gasteiger partial charge is 0.311 e. The highest BCUT2D eigenvalue weighted by Crippen LogP contribution is 2.61. The molecule has 2 aromatic carbocycles. The molecule has 35 heavy (non-hydrogen) atoms. The van der Waals surface area contributed by atoms with E-state index in [0.717, 1.165) is 41.7 Å². The molecule has 1 saturated carbocycles. The molecule has 0 amide bonds. The summed E-state index contributed by atoms with van der Waals surface area (Å²) in [7, 11) is 0. The van der Waals surface area contributed by atoms with Gasteiger partial charge in [0.2, 0.25) is 0 Å². The first-order chi connectivity index (χ1) is 16.6. The summed E-state index contributed by atoms with van der Waals surface area (Å²) < 4.78 is 12.0. The number of fused-ring (bicyclic) bond motifs is 4. The molecule has 3 aliphatic rings. The zero-order chi connectivity index (χ0) is 24.9. The van der Waals surface area contributed by atoms with Crippen LogP contribution in [0.4, 0.5) is 0 Å². The van der Waals surface area contributed by atoms with Gasteiger partial charge in [-0.2, -0.15) is 0 Å². The summed E-state index contributed by atoms with van der Waals surface area (Å²) >= 11 is 0. The van der Waals surface area contributed by atoms with Gasteiger partial charge >= 0.3 is 5.97 Å². The number of hydrogen-bond acceptors (Lipinski definition) is 5. The SMILES string of the molecule is Cc1ccc(C(C)OC[C@@H](O)CNC(C)(C)CC2Cc3ccccc3C2)c2c1OC1C(C(=O)O)C21. The van der Waals surface area contributed by atoms with E-state index < -0.39 is 18.0 Å². The number of β-amino-alcohol motifs (C(OH)–C–C–N with tert-alkyl or cyclic N) is 1. The van der Waals surface area contributed by atoms with E-state index in [9.17, 15) is 15.0 Å². The van der Waals surface area contributed by atoms with Gasteiger partial charge < -0.3 is 25.0 Å². The number of rotatable bonds is 10. The molecule has 4 unspecified atom stereocenters. The monoisotopic (exact) mass is 479 g/mol. The minimum absolute atomic E-state index is 0.0821. The van der Waals surface area contributed by atoms with Gasteiger partial charge in [-0.05, 0) is 75.1 Å². The highest BCUT2D eigenvalue weighted by Gasteiger charge is 2.64. The van der Waals surface area contributed by atoms with Crippen LogP contribution in [0, 0.1) is 18.8 Å². The fourth-order valence-electron chi connectivity index (χ4n) is 6.17. The van der Waals surface area contributed by atoms with Gasteiger partial charge in [0, 0.05) is 23.6 Å². The zero-order valence-corrected chi connectivity index (χ0v) is 21.1. The van der Waals surface area contributed by atoms with Crippen molar-refractivity contribution in [1.29, 1.82) is 0 Å². The Bertz CT molecular complexity index is 1090. The minimum atomic E-state index is -0.808. The van der Waals surface area contributed by atoms with Crippen molar-refractivity contribution < 1.29 is 24.5 Å². The fourth-order valence-corrected chi connectivity index (χ4v) is 6.17. The number of aliphatic hydroxyl groups is 1. The van der Waals surface area contributed by atoms with Crippen molar-refractivity contribution in [2.45, 2.75) is 76.7 Å². The van der Waals surface area contributed by atoms with Crippen molar-refractivity contribution in [3.05, 3.63) is 64.2 Å². The number of aliphatic hydroxyl groups excluding tert-OH is 1. The van der Waals surface area contributed by atoms with Crippen LogP contribution < -0.4 is 10.1 Å². The molecule has 0 saturated heterocycles. The first-order valence-corrected chi connectivity index (χ1v) is 12.8. The predicted molar refractivity (Wildman–Crippen MR) is 134 cm³/mol. The Balaban J connectivity index is 1.12. The number of hydrogen-bond donors (Lipinski definition) is 3. The highest BCUT2D eigenvalue weighted by molar-refractivity contribution is 5.79. The van der Waals surface area contributed by atoms with E-state index in [-0.39, 0.29) is 30.3 Å². The zero-order valence-electron chi connectivity index (χ0n) is 21.1. The number of benzene rings is 2. The Morgan fingerprint density at radius 2 is 1.89 bits per heavy atom. The van der Waals surface area contributed by atoms with Crippen LogP contribution >= 0.6 is 0 Å². The third-order valence-corrected chi connectivity index (χ3v) is 7.98. The lowest BCUT2D eigenvalue weighted by atomic mass is 9.88. The van der Waals surface area contributed by atoms with Crippen LogP contribution in [0.25, 0.3) is 0 Å². The molecule has 6 heteroatoms. The third-order valence-electron chi connectivity index (χ3n) is 7.98. The van der Waals surface area contributed by atoms with Crippen molar-refractivity contribution in [2.24, 2.45) is 11.8 Å². The highest BCUT2D eigenvalue weighted by atomic mass is 16.5. The van der Waals surface area contributed by atoms with Crippen molar-refractivity contribution in [3.8, 4) is 5.75 Å². The second-order valence-electron chi connectivity index (χ2n) is 11.3. The maximum Gasteiger partial charge on any atom is 0.311 e. The number of nitrogens with one attached hydrogen (secondary N) is 1. The van der Waals surface area contributed by atoms with Gasteiger partial charge in [-0.3, -0.25) is 4.79 Å². The number of aliphatic carboxylic acids is 1. The second-order valence-corrected chi connectivity index (χ2v) is 11.3. The minimum Gasteiger partial charge on any atom is -0.488 e. The van der Waals surface area contributed by atoms with Gasteiger partial charge in [0.15, 0.2) is 0 Å². The average Bonchev–Trinajstić information content (AvgIpc) is 3.16. The Morgan fingerprint density at radius 1 is 1.20 bits per heavy atom. The van der Waals surface area contributed by atoms with Gasteiger partial charge in [0.1, 0.15) is 17.8 Å². The van der Waals surface area contributed by atoms with E-state index >= 15 is 0 Å². The number of carboxylic acids is 1. The van der Waals surface area contributed by atoms with Crippen molar-refractivity contribution in [2.75, 3.05) is 13.2 Å². The lowest BCUT2D eigenvalue weighted by Gasteiger charge is -2.31. The van der Waals surface area contributed by atoms with Gasteiger partial charge in [-0.15, -0.1) is 0 Å². The maximum absolute atomic E-state index is 11.5. The van der Waals surface area contributed by atoms with Crippen molar-refractivity contribution in [3.63, 3.8) is 0 Å². The van der Waals surface area contributed by atoms with E-state index in [1.807, 2.05) is 26.0 Å². The lowest BCUT2D eigenvalue weighted by Crippen LogP contribution is -2.45. The van der Waals surface area contributed by atoms with Crippen LogP contribution in [0.2, 0.25) is 0 Å². The Labute approximate surface area is 207 Å². The van der Waals surface area contributed by atoms with Gasteiger partial charge in [0.25, 0.3) is 0 Å². The normalized spacial score (nSPS) is 24.3. The summed E-state index contributed by atoms with van der Waals surface area (Å²) in [5.74, 6) is 0.0493. The van der Waals surface area contributed by atoms with Crippen LogP contribution in [0.5, 0.6) is 5.75 Å². The maximum atomic E-state index is 11.5. The van der Waals surface area contributed by atoms with Gasteiger partial charge in [-0.25, -0.2) is 0 Å². The molecule has 0 bridgehead atoms. The van der Waals surface area contributed by atoms with Crippen LogP contribution in [-0.4, -0.2) is 47.1 Å². The standard InChI is InChI=1S/C29H37NO5/c1-16-9-10-22(23-24-25(28(32)33)27(24)35-26(16)23)17(2)34-15-21(31)14-30-29(3,4)13-18-11-19-7-5-6-8-20(19)12-18/h5-10,17-18,21,24-25,27,30-31H,11-15H2,1-4H3,(H,32,33)/t17?,21-,24?,25?,27?/m0/s1. The lowest BCUT2D eigenvalue weighted by molar-refractivity contribution is -0.139. The molecule has 5 atom stereocenters. The van der Waals surface area contributed by atoms with E-state index in [0.29, 0.717) is 12.5 Å². The quantitative estimate of drug-likeness (QED) is 0.474. The number of ether oxygens (including phenoxy) is 2. The van der Waals surface area contributed by atoms with Crippen LogP contribution in [-0.2, 0) is 22.4 Å². The molecule has 1 heterocycles. The molecule has 6 nitrogen and oxygen atoms in total. The van der Waals surface area contributed by atoms with E-state index in [1.165, 1.54) is 11.1 Å². The van der Waals surface area contributed by atoms with E-state index in [1.54, 1.807) is 0 Å². The number of carbonyl (C=O) groups is 1. The van der Waals surface area contributed by atoms with Crippen molar-refractivity contribution in [1.82, 2.24) is 5.32 Å². The van der Waals surface area contributed by atoms with Gasteiger partial charge in [0.05, 0.1) is 18.8 Å². The molecule has 188 valence electrons. The molecule has 0 spiro atoms. The Kier molecular flexibility index (Phi) is 6.41. The van der Waals surface area contributed by atoms with Crippen LogP contribution in [0.3, 0.4) is 0 Å². The Hall–Kier alpha value is -2.41. The molecular formula is C29H37NO5. The molecule has 2 aromatic rings. The summed E-state index contributed by atoms with van der Waals surface area (Å²) in [5, 5.41) is 23.6. The summed E-state index contributed by atoms with van der Waals surface area (Å²) in [5.41, 5.74) is 5.81. The Morgan fingerprint density at radius 3 is 2.54 bits per heavy atom. The molecule has 3 N–H and O–H groups in total. The van der Waals surface area contributed by atoms with Gasteiger partial charge in [-0.1, -0.05) is 36.4 Å². The second kappa shape index (κ2) is 9.23. The largest absolute Gasteiger partial charge is 0.488 e. The average molecular weight is 480 g/mol. The summed E-state index contributed by atoms with van der Waals surface area (Å²) in [6, 6.07) is 12.7. The summed E-state index contributed by atoms with van der Waals surface area (Å²) in [6.07, 6.45) is 2.14. The third kappa shape index (κ3) is 4.84. The fraction of sp³-hybridized carbons (Fsp3) is 0.552. The predicted octanol–water partition coefficient (Wildman–Crippen LogP) is 4.17. The van der Waals surface area contributed by atoms with Crippen LogP contribution in [0.15, 0.2) is 36.4 Å². The number of carboxylic acid groups (broad SMARTS) is 1. The molecule has 1 aliphatic heterocycles. The molecule has 2 aliphatic carbocycles. The molecule has 5 rings (SSSR count). The molecule has 0 aromatic heterocycles. The summed E-state index contributed by atoms with van der Waals surface area (Å²) in [4.78, 5) is 11.5. The van der Waals surface area contributed by atoms with E-state index in [4.69, 9.17) is 9.47 Å². The molecular weight excluding hydrogens is 442 g/mol. The number of aryl methyl sites for hydroxylation is 1. The first kappa shape index (κ1) is 24.3. The summed E-state index contributed by atoms with van der Waals surface area (Å²) in [6.45, 7) is 9.01. The first-order valence-electron chi connectivity index (χ1n) is 12.8. The molecule has 1 fully saturated rings. The molecule has 0 radical (unpaired) electrons.